The van der Waals surface area contributed by atoms with Crippen LogP contribution in [-0.2, 0) is 0 Å². The molecule has 0 atom stereocenters. The molecule has 3 rings (SSSR count). The summed E-state index contributed by atoms with van der Waals surface area (Å²) in [5.41, 5.74) is 2.61. The van der Waals surface area contributed by atoms with Crippen molar-refractivity contribution in [1.82, 2.24) is 15.1 Å². The number of hydrogen-bond donors (Lipinski definition) is 1. The highest BCUT2D eigenvalue weighted by Gasteiger charge is 2.16. The third-order valence-corrected chi connectivity index (χ3v) is 3.90. The highest BCUT2D eigenvalue weighted by molar-refractivity contribution is 5.68. The molecule has 26 heavy (non-hydrogen) atoms. The van der Waals surface area contributed by atoms with Crippen molar-refractivity contribution >= 4 is 5.82 Å². The fourth-order valence-corrected chi connectivity index (χ4v) is 2.66. The number of anilines is 1. The molecule has 0 radical (unpaired) electrons. The summed E-state index contributed by atoms with van der Waals surface area (Å²) in [6.45, 7) is 6.94. The Labute approximate surface area is 152 Å². The lowest BCUT2D eigenvalue weighted by molar-refractivity contribution is 0.288. The zero-order valence-corrected chi connectivity index (χ0v) is 15.4. The van der Waals surface area contributed by atoms with Crippen LogP contribution in [0.25, 0.3) is 22.8 Å². The molecule has 3 aromatic rings. The summed E-state index contributed by atoms with van der Waals surface area (Å²) in [4.78, 5) is 8.81. The minimum Gasteiger partial charge on any atom is -0.490 e. The van der Waals surface area contributed by atoms with Gasteiger partial charge in [-0.25, -0.2) is 4.98 Å². The molecule has 0 aliphatic carbocycles. The second-order valence-electron chi connectivity index (χ2n) is 5.53. The van der Waals surface area contributed by atoms with E-state index in [1.54, 1.807) is 6.20 Å². The molecule has 0 aliphatic rings. The molecule has 0 amide bonds. The molecule has 7 nitrogen and oxygen atoms in total. The molecule has 0 spiro atoms. The molecule has 7 heteroatoms. The Kier molecular flexibility index (Phi) is 5.36. The second-order valence-corrected chi connectivity index (χ2v) is 5.53. The van der Waals surface area contributed by atoms with Crippen molar-refractivity contribution in [2.45, 2.75) is 20.8 Å². The van der Waals surface area contributed by atoms with E-state index in [9.17, 15) is 0 Å². The summed E-state index contributed by atoms with van der Waals surface area (Å²) < 4.78 is 16.7. The number of rotatable bonds is 7. The Balaban J connectivity index is 1.96. The van der Waals surface area contributed by atoms with E-state index in [1.807, 2.05) is 52.1 Å². The maximum atomic E-state index is 5.66. The van der Waals surface area contributed by atoms with E-state index in [0.717, 1.165) is 22.5 Å². The predicted molar refractivity (Wildman–Crippen MR) is 99.6 cm³/mol. The van der Waals surface area contributed by atoms with Gasteiger partial charge in [-0.15, -0.1) is 0 Å². The first kappa shape index (κ1) is 17.7. The van der Waals surface area contributed by atoms with Crippen LogP contribution in [-0.4, -0.2) is 35.4 Å². The highest BCUT2D eigenvalue weighted by Crippen LogP contribution is 2.33. The van der Waals surface area contributed by atoms with Crippen LogP contribution >= 0.6 is 0 Å². The van der Waals surface area contributed by atoms with Crippen molar-refractivity contribution in [3.8, 4) is 34.3 Å². The van der Waals surface area contributed by atoms with Gasteiger partial charge in [-0.3, -0.25) is 0 Å². The van der Waals surface area contributed by atoms with Crippen molar-refractivity contribution in [2.75, 3.05) is 25.6 Å². The van der Waals surface area contributed by atoms with Gasteiger partial charge in [-0.1, -0.05) is 5.16 Å². The van der Waals surface area contributed by atoms with Crippen LogP contribution in [0.15, 0.2) is 35.0 Å². The fraction of sp³-hybridized carbons (Fsp3) is 0.316. The molecule has 0 unspecified atom stereocenters. The molecule has 1 N–H and O–H groups in total. The average molecular weight is 354 g/mol. The summed E-state index contributed by atoms with van der Waals surface area (Å²) in [6.07, 6.45) is 1.72. The molecule has 2 aromatic heterocycles. The van der Waals surface area contributed by atoms with Crippen molar-refractivity contribution in [3.05, 3.63) is 36.0 Å². The monoisotopic (exact) mass is 354 g/mol. The largest absolute Gasteiger partial charge is 0.490 e. The van der Waals surface area contributed by atoms with Crippen molar-refractivity contribution in [3.63, 3.8) is 0 Å². The molecule has 0 aliphatic heterocycles. The van der Waals surface area contributed by atoms with E-state index >= 15 is 0 Å². The summed E-state index contributed by atoms with van der Waals surface area (Å²) in [6, 6.07) is 7.45. The van der Waals surface area contributed by atoms with Gasteiger partial charge in [0, 0.05) is 29.9 Å². The first-order chi connectivity index (χ1) is 12.7. The van der Waals surface area contributed by atoms with Crippen molar-refractivity contribution < 1.29 is 14.0 Å². The topological polar surface area (TPSA) is 82.3 Å². The molecule has 0 bridgehead atoms. The first-order valence-corrected chi connectivity index (χ1v) is 8.55. The Hall–Kier alpha value is -3.09. The molecule has 0 saturated carbocycles. The normalized spacial score (nSPS) is 10.6. The smallest absolute Gasteiger partial charge is 0.258 e. The Morgan fingerprint density at radius 3 is 2.58 bits per heavy atom. The quantitative estimate of drug-likeness (QED) is 0.688. The van der Waals surface area contributed by atoms with Gasteiger partial charge in [-0.05, 0) is 45.0 Å². The molecular weight excluding hydrogens is 332 g/mol. The lowest BCUT2D eigenvalue weighted by Gasteiger charge is -2.11. The van der Waals surface area contributed by atoms with Crippen LogP contribution in [0, 0.1) is 6.92 Å². The average Bonchev–Trinajstić information content (AvgIpc) is 3.13. The number of aromatic nitrogens is 3. The van der Waals surface area contributed by atoms with Gasteiger partial charge in [0.2, 0.25) is 5.82 Å². The number of pyridine rings is 1. The summed E-state index contributed by atoms with van der Waals surface area (Å²) in [5, 5.41) is 7.18. The molecule has 0 fully saturated rings. The molecule has 1 aromatic carbocycles. The maximum Gasteiger partial charge on any atom is 0.258 e. The van der Waals surface area contributed by atoms with E-state index in [2.05, 4.69) is 20.4 Å². The zero-order valence-electron chi connectivity index (χ0n) is 15.4. The predicted octanol–water partition coefficient (Wildman–Crippen LogP) is 3.95. The summed E-state index contributed by atoms with van der Waals surface area (Å²) >= 11 is 0. The SMILES string of the molecule is CCOc1ccc(-c2nc(-c3ccnc(NC)c3C)no2)cc1OCC. The second kappa shape index (κ2) is 7.86. The minimum absolute atomic E-state index is 0.422. The third kappa shape index (κ3) is 3.46. The van der Waals surface area contributed by atoms with E-state index in [-0.39, 0.29) is 0 Å². The van der Waals surface area contributed by atoms with E-state index in [4.69, 9.17) is 14.0 Å². The van der Waals surface area contributed by atoms with Gasteiger partial charge in [0.25, 0.3) is 5.89 Å². The molecule has 2 heterocycles. The van der Waals surface area contributed by atoms with Crippen molar-refractivity contribution in [2.24, 2.45) is 0 Å². The van der Waals surface area contributed by atoms with Gasteiger partial charge in [0.05, 0.1) is 13.2 Å². The van der Waals surface area contributed by atoms with E-state index in [1.165, 1.54) is 0 Å². The number of benzene rings is 1. The lowest BCUT2D eigenvalue weighted by atomic mass is 10.1. The Morgan fingerprint density at radius 2 is 1.85 bits per heavy atom. The van der Waals surface area contributed by atoms with Gasteiger partial charge in [0.15, 0.2) is 11.5 Å². The number of hydrogen-bond acceptors (Lipinski definition) is 7. The Bertz CT molecular complexity index is 892. The summed E-state index contributed by atoms with van der Waals surface area (Å²) in [7, 11) is 1.83. The number of nitrogens with zero attached hydrogens (tertiary/aromatic N) is 3. The highest BCUT2D eigenvalue weighted by atomic mass is 16.5. The van der Waals surface area contributed by atoms with Crippen LogP contribution in [0.1, 0.15) is 19.4 Å². The van der Waals surface area contributed by atoms with Crippen LogP contribution in [0.3, 0.4) is 0 Å². The lowest BCUT2D eigenvalue weighted by Crippen LogP contribution is -1.98. The van der Waals surface area contributed by atoms with E-state index < -0.39 is 0 Å². The molecule has 136 valence electrons. The fourth-order valence-electron chi connectivity index (χ4n) is 2.66. The first-order valence-electron chi connectivity index (χ1n) is 8.55. The van der Waals surface area contributed by atoms with Gasteiger partial charge < -0.3 is 19.3 Å². The Morgan fingerprint density at radius 1 is 1.08 bits per heavy atom. The van der Waals surface area contributed by atoms with Crippen LogP contribution < -0.4 is 14.8 Å². The molecular formula is C19H22N4O3. The van der Waals surface area contributed by atoms with Gasteiger partial charge in [0.1, 0.15) is 5.82 Å². The van der Waals surface area contributed by atoms with Crippen LogP contribution in [0.5, 0.6) is 11.5 Å². The third-order valence-electron chi connectivity index (χ3n) is 3.90. The standard InChI is InChI=1S/C19H22N4O3/c1-5-24-15-8-7-13(11-16(15)25-6-2)19-22-18(23-26-19)14-9-10-21-17(20-4)12(14)3/h7-11H,5-6H2,1-4H3,(H,20,21). The number of ether oxygens (including phenoxy) is 2. The number of nitrogens with one attached hydrogen (secondary N) is 1. The van der Waals surface area contributed by atoms with Crippen LogP contribution in [0.4, 0.5) is 5.82 Å². The van der Waals surface area contributed by atoms with Crippen LogP contribution in [0.2, 0.25) is 0 Å². The minimum atomic E-state index is 0.422. The zero-order chi connectivity index (χ0) is 18.5. The molecule has 0 saturated heterocycles. The summed E-state index contributed by atoms with van der Waals surface area (Å²) in [5.74, 6) is 3.08. The van der Waals surface area contributed by atoms with E-state index in [0.29, 0.717) is 36.4 Å². The maximum absolute atomic E-state index is 5.66. The van der Waals surface area contributed by atoms with Gasteiger partial charge in [-0.2, -0.15) is 4.98 Å². The van der Waals surface area contributed by atoms with Crippen molar-refractivity contribution in [1.29, 1.82) is 0 Å². The van der Waals surface area contributed by atoms with Gasteiger partial charge >= 0.3 is 0 Å².